The zero-order chi connectivity index (χ0) is 16.2. The van der Waals surface area contributed by atoms with E-state index in [2.05, 4.69) is 39.9 Å². The van der Waals surface area contributed by atoms with E-state index in [1.807, 2.05) is 19.2 Å². The first-order valence-corrected chi connectivity index (χ1v) is 9.54. The van der Waals surface area contributed by atoms with Gasteiger partial charge in [0, 0.05) is 16.9 Å². The molecule has 0 bridgehead atoms. The molecule has 3 nitrogen and oxygen atoms in total. The number of pyridine rings is 1. The molecular weight excluding hydrogens is 324 g/mol. The van der Waals surface area contributed by atoms with E-state index in [-0.39, 0.29) is 11.9 Å². The van der Waals surface area contributed by atoms with Gasteiger partial charge in [-0.05, 0) is 54.1 Å². The van der Waals surface area contributed by atoms with Gasteiger partial charge in [0.05, 0.1) is 5.56 Å². The zero-order valence-electron chi connectivity index (χ0n) is 13.1. The maximum Gasteiger partial charge on any atom is 0.254 e. The molecule has 23 heavy (non-hydrogen) atoms. The molecule has 1 atom stereocenters. The van der Waals surface area contributed by atoms with E-state index in [0.717, 1.165) is 11.4 Å². The van der Waals surface area contributed by atoms with E-state index in [0.29, 0.717) is 5.56 Å². The van der Waals surface area contributed by atoms with Gasteiger partial charge in [0.25, 0.3) is 5.91 Å². The number of amides is 1. The van der Waals surface area contributed by atoms with Gasteiger partial charge in [-0.25, -0.2) is 4.98 Å². The molecule has 1 N–H and O–H groups in total. The van der Waals surface area contributed by atoms with Gasteiger partial charge in [-0.15, -0.1) is 23.1 Å². The smallest absolute Gasteiger partial charge is 0.254 e. The summed E-state index contributed by atoms with van der Waals surface area (Å²) < 4.78 is 1.29. The summed E-state index contributed by atoms with van der Waals surface area (Å²) in [7, 11) is 0. The van der Waals surface area contributed by atoms with Crippen molar-refractivity contribution < 1.29 is 4.79 Å². The second kappa shape index (κ2) is 7.15. The van der Waals surface area contributed by atoms with Crippen LogP contribution >= 0.6 is 23.1 Å². The van der Waals surface area contributed by atoms with E-state index in [9.17, 15) is 4.79 Å². The van der Waals surface area contributed by atoms with Crippen LogP contribution in [0.5, 0.6) is 0 Å². The van der Waals surface area contributed by atoms with E-state index < -0.39 is 0 Å². The number of hydrogen-bond donors (Lipinski definition) is 1. The molecule has 2 aromatic heterocycles. The molecule has 2 heterocycles. The Morgan fingerprint density at radius 1 is 1.30 bits per heavy atom. The summed E-state index contributed by atoms with van der Waals surface area (Å²) >= 11 is 3.24. The van der Waals surface area contributed by atoms with Gasteiger partial charge < -0.3 is 5.32 Å². The molecule has 1 amide bonds. The number of carbonyl (C=O) groups excluding carboxylic acids is 1. The fourth-order valence-electron chi connectivity index (χ4n) is 2.60. The van der Waals surface area contributed by atoms with Crippen LogP contribution in [0.25, 0.3) is 10.1 Å². The van der Waals surface area contributed by atoms with Crippen molar-refractivity contribution in [2.75, 3.05) is 6.26 Å². The highest BCUT2D eigenvalue weighted by Crippen LogP contribution is 2.26. The van der Waals surface area contributed by atoms with Crippen LogP contribution in [-0.2, 0) is 6.42 Å². The van der Waals surface area contributed by atoms with Gasteiger partial charge in [0.1, 0.15) is 5.03 Å². The lowest BCUT2D eigenvalue weighted by atomic mass is 10.1. The molecule has 118 valence electrons. The minimum Gasteiger partial charge on any atom is -0.349 e. The monoisotopic (exact) mass is 342 g/mol. The van der Waals surface area contributed by atoms with Crippen LogP contribution in [0.4, 0.5) is 0 Å². The topological polar surface area (TPSA) is 42.0 Å². The number of aromatic nitrogens is 1. The normalized spacial score (nSPS) is 12.3. The average molecular weight is 342 g/mol. The molecule has 0 fully saturated rings. The second-order valence-corrected chi connectivity index (χ2v) is 7.10. The summed E-state index contributed by atoms with van der Waals surface area (Å²) in [6.45, 7) is 2.04. The van der Waals surface area contributed by atoms with Crippen LogP contribution in [0.15, 0.2) is 53.0 Å². The first-order valence-electron chi connectivity index (χ1n) is 7.44. The average Bonchev–Trinajstić information content (AvgIpc) is 2.97. The Hall–Kier alpha value is -1.85. The van der Waals surface area contributed by atoms with Crippen molar-refractivity contribution >= 4 is 39.1 Å². The molecule has 3 aromatic rings. The lowest BCUT2D eigenvalue weighted by Crippen LogP contribution is -2.34. The van der Waals surface area contributed by atoms with Crippen LogP contribution in [0.2, 0.25) is 0 Å². The summed E-state index contributed by atoms with van der Waals surface area (Å²) in [5.74, 6) is -0.0607. The number of nitrogens with one attached hydrogen (secondary N) is 1. The van der Waals surface area contributed by atoms with E-state index in [1.54, 1.807) is 23.6 Å². The number of nitrogens with zero attached hydrogens (tertiary/aromatic N) is 1. The highest BCUT2D eigenvalue weighted by molar-refractivity contribution is 7.98. The van der Waals surface area contributed by atoms with Crippen molar-refractivity contribution in [3.8, 4) is 0 Å². The maximum absolute atomic E-state index is 12.5. The molecule has 0 aliphatic rings. The zero-order valence-corrected chi connectivity index (χ0v) is 14.7. The SMILES string of the molecule is CSc1ncccc1C(=O)NC(C)Cc1csc2ccccc12. The van der Waals surface area contributed by atoms with Crippen LogP contribution in [-0.4, -0.2) is 23.2 Å². The molecule has 0 radical (unpaired) electrons. The predicted octanol–water partition coefficient (Wildman–Crippen LogP) is 4.38. The first kappa shape index (κ1) is 16.0. The van der Waals surface area contributed by atoms with Gasteiger partial charge in [0.2, 0.25) is 0 Å². The Morgan fingerprint density at radius 3 is 2.96 bits per heavy atom. The number of carbonyl (C=O) groups is 1. The van der Waals surface area contributed by atoms with Crippen molar-refractivity contribution in [3.63, 3.8) is 0 Å². The molecule has 0 saturated heterocycles. The largest absolute Gasteiger partial charge is 0.349 e. The van der Waals surface area contributed by atoms with Gasteiger partial charge in [-0.1, -0.05) is 18.2 Å². The van der Waals surface area contributed by atoms with Crippen LogP contribution in [0.1, 0.15) is 22.8 Å². The predicted molar refractivity (Wildman–Crippen MR) is 98.5 cm³/mol. The first-order chi connectivity index (χ1) is 11.2. The van der Waals surface area contributed by atoms with Crippen molar-refractivity contribution in [3.05, 3.63) is 59.1 Å². The summed E-state index contributed by atoms with van der Waals surface area (Å²) in [6, 6.07) is 12.1. The van der Waals surface area contributed by atoms with Gasteiger partial charge in [0.15, 0.2) is 0 Å². The molecule has 0 aliphatic carbocycles. The van der Waals surface area contributed by atoms with E-state index >= 15 is 0 Å². The minimum atomic E-state index is -0.0607. The highest BCUT2D eigenvalue weighted by Gasteiger charge is 2.15. The Kier molecular flexibility index (Phi) is 4.98. The summed E-state index contributed by atoms with van der Waals surface area (Å²) in [4.78, 5) is 16.7. The summed E-state index contributed by atoms with van der Waals surface area (Å²) in [5, 5.41) is 7.32. The minimum absolute atomic E-state index is 0.0607. The molecule has 5 heteroatoms. The lowest BCUT2D eigenvalue weighted by Gasteiger charge is -2.14. The number of fused-ring (bicyclic) bond motifs is 1. The third-order valence-corrected chi connectivity index (χ3v) is 5.40. The fraction of sp³-hybridized carbons (Fsp3) is 0.222. The van der Waals surface area contributed by atoms with Crippen molar-refractivity contribution in [1.29, 1.82) is 0 Å². The molecule has 0 spiro atoms. The van der Waals surface area contributed by atoms with Crippen molar-refractivity contribution in [2.45, 2.75) is 24.4 Å². The molecule has 1 aromatic carbocycles. The number of rotatable bonds is 5. The summed E-state index contributed by atoms with van der Waals surface area (Å²) in [5.41, 5.74) is 1.93. The number of thiophene rings is 1. The lowest BCUT2D eigenvalue weighted by molar-refractivity contribution is 0.0936. The quantitative estimate of drug-likeness (QED) is 0.700. The van der Waals surface area contributed by atoms with Crippen molar-refractivity contribution in [2.24, 2.45) is 0 Å². The van der Waals surface area contributed by atoms with Crippen molar-refractivity contribution in [1.82, 2.24) is 10.3 Å². The van der Waals surface area contributed by atoms with Crippen LogP contribution in [0, 0.1) is 0 Å². The Morgan fingerprint density at radius 2 is 2.13 bits per heavy atom. The third kappa shape index (κ3) is 3.57. The fourth-order valence-corrected chi connectivity index (χ4v) is 4.12. The Balaban J connectivity index is 1.72. The van der Waals surface area contributed by atoms with Crippen LogP contribution in [0.3, 0.4) is 0 Å². The Labute approximate surface area is 144 Å². The molecular formula is C18H18N2OS2. The summed E-state index contributed by atoms with van der Waals surface area (Å²) in [6.07, 6.45) is 4.47. The van der Waals surface area contributed by atoms with E-state index in [4.69, 9.17) is 0 Å². The van der Waals surface area contributed by atoms with Gasteiger partial charge in [-0.3, -0.25) is 4.79 Å². The number of benzene rings is 1. The van der Waals surface area contributed by atoms with E-state index in [1.165, 1.54) is 27.4 Å². The van der Waals surface area contributed by atoms with Crippen LogP contribution < -0.4 is 5.32 Å². The number of thioether (sulfide) groups is 1. The molecule has 1 unspecified atom stereocenters. The molecule has 0 aliphatic heterocycles. The number of hydrogen-bond acceptors (Lipinski definition) is 4. The highest BCUT2D eigenvalue weighted by atomic mass is 32.2. The third-order valence-electron chi connectivity index (χ3n) is 3.67. The Bertz CT molecular complexity index is 829. The molecule has 0 saturated carbocycles. The molecule has 3 rings (SSSR count). The standard InChI is InChI=1S/C18H18N2OS2/c1-12(10-13-11-23-16-8-4-3-6-14(13)16)20-17(21)15-7-5-9-19-18(15)22-2/h3-9,11-12H,10H2,1-2H3,(H,20,21). The second-order valence-electron chi connectivity index (χ2n) is 5.40. The maximum atomic E-state index is 12.5. The van der Waals surface area contributed by atoms with Gasteiger partial charge in [-0.2, -0.15) is 0 Å². The van der Waals surface area contributed by atoms with Gasteiger partial charge >= 0.3 is 0 Å².